The van der Waals surface area contributed by atoms with E-state index in [1.165, 1.54) is 12.1 Å². The highest BCUT2D eigenvalue weighted by Crippen LogP contribution is 2.26. The van der Waals surface area contributed by atoms with Crippen molar-refractivity contribution in [3.8, 4) is 0 Å². The number of halogens is 1. The van der Waals surface area contributed by atoms with Gasteiger partial charge in [-0.15, -0.1) is 16.2 Å². The zero-order chi connectivity index (χ0) is 21.7. The molecule has 3 amide bonds. The van der Waals surface area contributed by atoms with E-state index in [4.69, 9.17) is 11.6 Å². The van der Waals surface area contributed by atoms with Crippen molar-refractivity contribution >= 4 is 56.8 Å². The molecule has 0 aliphatic heterocycles. The summed E-state index contributed by atoms with van der Waals surface area (Å²) in [4.78, 5) is 27.0. The lowest BCUT2D eigenvalue weighted by molar-refractivity contribution is -0.107. The number of anilines is 2. The summed E-state index contributed by atoms with van der Waals surface area (Å²) in [6, 6.07) is 17.2. The van der Waals surface area contributed by atoms with Crippen molar-refractivity contribution in [3.05, 3.63) is 76.6 Å². The maximum Gasteiger partial charge on any atom is 0.356 e. The Hall–Kier alpha value is -2.92. The Morgan fingerprint density at radius 3 is 2.30 bits per heavy atom. The van der Waals surface area contributed by atoms with Crippen molar-refractivity contribution in [2.45, 2.75) is 11.1 Å². The number of sulfonamides is 1. The number of para-hydroxylation sites is 2. The van der Waals surface area contributed by atoms with Crippen LogP contribution < -0.4 is 20.3 Å². The molecule has 0 spiro atoms. The van der Waals surface area contributed by atoms with E-state index in [1.54, 1.807) is 61.5 Å². The van der Waals surface area contributed by atoms with Crippen LogP contribution in [-0.2, 0) is 14.8 Å². The summed E-state index contributed by atoms with van der Waals surface area (Å²) in [5, 5.41) is 2.12. The number of carbonyl (C=O) groups excluding carboxylic acids is 2. The molecule has 3 aromatic rings. The number of rotatable bonds is 7. The van der Waals surface area contributed by atoms with Gasteiger partial charge in [-0.25, -0.2) is 18.2 Å². The predicted molar refractivity (Wildman–Crippen MR) is 117 cm³/mol. The highest BCUT2D eigenvalue weighted by Gasteiger charge is 2.26. The SMILES string of the molecule is Cc1ccccc1N(C=O)N(C(=O)NNS(=O)(=O)c1ccc(Cl)s1)c1ccccc1. The average Bonchev–Trinajstić information content (AvgIpc) is 3.19. The number of hydrogen-bond donors (Lipinski definition) is 2. The van der Waals surface area contributed by atoms with E-state index in [-0.39, 0.29) is 4.21 Å². The molecule has 0 radical (unpaired) electrons. The minimum Gasteiger partial charge on any atom is -0.276 e. The van der Waals surface area contributed by atoms with Crippen LogP contribution >= 0.6 is 22.9 Å². The van der Waals surface area contributed by atoms with Gasteiger partial charge in [-0.1, -0.05) is 48.0 Å². The second-order valence-electron chi connectivity index (χ2n) is 5.98. The molecule has 8 nitrogen and oxygen atoms in total. The van der Waals surface area contributed by atoms with Crippen LogP contribution in [0.15, 0.2) is 70.9 Å². The first-order valence-electron chi connectivity index (χ1n) is 8.56. The molecule has 3 rings (SSSR count). The minimum atomic E-state index is -4.04. The molecule has 0 saturated heterocycles. The van der Waals surface area contributed by atoms with Gasteiger partial charge in [0, 0.05) is 0 Å². The molecule has 0 fully saturated rings. The molecule has 2 N–H and O–H groups in total. The second-order valence-corrected chi connectivity index (χ2v) is 9.60. The van der Waals surface area contributed by atoms with Crippen LogP contribution in [0.3, 0.4) is 0 Å². The van der Waals surface area contributed by atoms with Crippen molar-refractivity contribution in [2.75, 3.05) is 10.0 Å². The third-order valence-electron chi connectivity index (χ3n) is 3.98. The summed E-state index contributed by atoms with van der Waals surface area (Å²) in [7, 11) is -4.04. The lowest BCUT2D eigenvalue weighted by Crippen LogP contribution is -2.55. The third kappa shape index (κ3) is 4.79. The smallest absolute Gasteiger partial charge is 0.276 e. The Morgan fingerprint density at radius 1 is 1.03 bits per heavy atom. The lowest BCUT2D eigenvalue weighted by Gasteiger charge is -2.32. The number of thiophene rings is 1. The van der Waals surface area contributed by atoms with Gasteiger partial charge in [0.1, 0.15) is 4.21 Å². The standard InChI is InChI=1S/C19H17ClN4O4S2/c1-14-7-5-6-10-16(14)23(13-25)24(15-8-3-2-4-9-15)19(26)21-22-30(27,28)18-12-11-17(20)29-18/h2-13,22H,1H3,(H,21,26). The normalized spacial score (nSPS) is 11.0. The number of urea groups is 1. The Morgan fingerprint density at radius 2 is 1.70 bits per heavy atom. The van der Waals surface area contributed by atoms with Gasteiger partial charge in [0.25, 0.3) is 10.0 Å². The zero-order valence-corrected chi connectivity index (χ0v) is 18.0. The molecule has 2 aromatic carbocycles. The molecule has 0 aliphatic rings. The topological polar surface area (TPSA) is 98.8 Å². The van der Waals surface area contributed by atoms with Gasteiger partial charge in [0.15, 0.2) is 0 Å². The summed E-state index contributed by atoms with van der Waals surface area (Å²) in [5.41, 5.74) is 3.70. The fourth-order valence-electron chi connectivity index (χ4n) is 2.60. The fourth-order valence-corrected chi connectivity index (χ4v) is 4.91. The summed E-state index contributed by atoms with van der Waals surface area (Å²) >= 11 is 6.63. The van der Waals surface area contributed by atoms with Gasteiger partial charge < -0.3 is 0 Å². The van der Waals surface area contributed by atoms with E-state index in [9.17, 15) is 18.0 Å². The van der Waals surface area contributed by atoms with Gasteiger partial charge in [-0.05, 0) is 42.8 Å². The van der Waals surface area contributed by atoms with Crippen molar-refractivity contribution in [1.29, 1.82) is 0 Å². The summed E-state index contributed by atoms with van der Waals surface area (Å²) < 4.78 is 25.0. The van der Waals surface area contributed by atoms with Crippen LogP contribution in [0, 0.1) is 6.92 Å². The number of aryl methyl sites for hydroxylation is 1. The number of nitrogens with zero attached hydrogens (tertiary/aromatic N) is 2. The monoisotopic (exact) mass is 464 g/mol. The van der Waals surface area contributed by atoms with Crippen LogP contribution in [0.2, 0.25) is 4.34 Å². The van der Waals surface area contributed by atoms with E-state index < -0.39 is 16.1 Å². The molecule has 1 aromatic heterocycles. The van der Waals surface area contributed by atoms with Crippen molar-refractivity contribution in [2.24, 2.45) is 0 Å². The predicted octanol–water partition coefficient (Wildman–Crippen LogP) is 3.70. The Bertz CT molecular complexity index is 1150. The molecule has 30 heavy (non-hydrogen) atoms. The second kappa shape index (κ2) is 9.26. The maximum absolute atomic E-state index is 13.0. The van der Waals surface area contributed by atoms with Crippen LogP contribution in [-0.4, -0.2) is 20.9 Å². The van der Waals surface area contributed by atoms with Crippen LogP contribution in [0.25, 0.3) is 0 Å². The quantitative estimate of drug-likeness (QED) is 0.411. The van der Waals surface area contributed by atoms with E-state index in [0.29, 0.717) is 22.1 Å². The van der Waals surface area contributed by atoms with Gasteiger partial charge in [0.05, 0.1) is 15.7 Å². The zero-order valence-electron chi connectivity index (χ0n) is 15.7. The Kier molecular flexibility index (Phi) is 6.73. The number of carbonyl (C=O) groups is 2. The summed E-state index contributed by atoms with van der Waals surface area (Å²) in [5.74, 6) is 0. The number of hydrogen-bond acceptors (Lipinski definition) is 5. The number of nitrogens with one attached hydrogen (secondary N) is 2. The fraction of sp³-hybridized carbons (Fsp3) is 0.0526. The summed E-state index contributed by atoms with van der Waals surface area (Å²) in [6.07, 6.45) is 0.475. The molecular formula is C19H17ClN4O4S2. The third-order valence-corrected chi connectivity index (χ3v) is 6.95. The Labute approximate surface area is 182 Å². The number of benzene rings is 2. The molecule has 0 saturated carbocycles. The van der Waals surface area contributed by atoms with E-state index in [0.717, 1.165) is 26.9 Å². The molecule has 156 valence electrons. The molecule has 0 atom stereocenters. The molecule has 0 unspecified atom stereocenters. The van der Waals surface area contributed by atoms with Gasteiger partial charge >= 0.3 is 6.03 Å². The molecule has 0 aliphatic carbocycles. The first kappa shape index (κ1) is 21.8. The maximum atomic E-state index is 13.0. The highest BCUT2D eigenvalue weighted by atomic mass is 35.5. The highest BCUT2D eigenvalue weighted by molar-refractivity contribution is 7.91. The number of amides is 3. The summed E-state index contributed by atoms with van der Waals surface area (Å²) in [6.45, 7) is 1.79. The Balaban J connectivity index is 1.92. The molecule has 11 heteroatoms. The van der Waals surface area contributed by atoms with Gasteiger partial charge in [-0.3, -0.25) is 10.2 Å². The van der Waals surface area contributed by atoms with Crippen molar-refractivity contribution < 1.29 is 18.0 Å². The first-order chi connectivity index (χ1) is 14.3. The lowest BCUT2D eigenvalue weighted by atomic mass is 10.2. The number of hydrazine groups is 2. The first-order valence-corrected chi connectivity index (χ1v) is 11.2. The van der Waals surface area contributed by atoms with Crippen LogP contribution in [0.4, 0.5) is 16.2 Å². The van der Waals surface area contributed by atoms with Gasteiger partial charge in [0.2, 0.25) is 6.41 Å². The van der Waals surface area contributed by atoms with E-state index in [2.05, 4.69) is 5.43 Å². The molecule has 1 heterocycles. The largest absolute Gasteiger partial charge is 0.356 e. The van der Waals surface area contributed by atoms with Crippen LogP contribution in [0.1, 0.15) is 5.56 Å². The van der Waals surface area contributed by atoms with Crippen molar-refractivity contribution in [1.82, 2.24) is 10.3 Å². The minimum absolute atomic E-state index is 0.0646. The van der Waals surface area contributed by atoms with E-state index in [1.807, 2.05) is 4.83 Å². The van der Waals surface area contributed by atoms with Crippen LogP contribution in [0.5, 0.6) is 0 Å². The van der Waals surface area contributed by atoms with E-state index >= 15 is 0 Å². The van der Waals surface area contributed by atoms with Gasteiger partial charge in [-0.2, -0.15) is 5.01 Å². The molecular weight excluding hydrogens is 448 g/mol. The molecule has 0 bridgehead atoms. The van der Waals surface area contributed by atoms with Crippen molar-refractivity contribution in [3.63, 3.8) is 0 Å². The average molecular weight is 465 g/mol.